The molecule has 7 nitrogen and oxygen atoms in total. The van der Waals surface area contributed by atoms with E-state index in [1.54, 1.807) is 31.2 Å². The molecule has 3 aromatic carbocycles. The number of benzene rings is 3. The normalized spacial score (nSPS) is 10.5. The molecule has 0 fully saturated rings. The molecule has 0 spiro atoms. The van der Waals surface area contributed by atoms with Crippen LogP contribution < -0.4 is 5.32 Å². The minimum atomic E-state index is -0.405. The molecule has 9 heteroatoms. The van der Waals surface area contributed by atoms with E-state index in [2.05, 4.69) is 32.3 Å². The topological polar surface area (TPSA) is 123 Å². The molecule has 37 heavy (non-hydrogen) atoms. The lowest BCUT2D eigenvalue weighted by Crippen LogP contribution is -2.17. The van der Waals surface area contributed by atoms with Crippen LogP contribution in [-0.4, -0.2) is 32.6 Å². The van der Waals surface area contributed by atoms with Crippen LogP contribution >= 0.6 is 27.7 Å². The van der Waals surface area contributed by atoms with E-state index in [1.165, 1.54) is 18.2 Å². The van der Waals surface area contributed by atoms with Gasteiger partial charge >= 0.3 is 0 Å². The zero-order chi connectivity index (χ0) is 26.5. The lowest BCUT2D eigenvalue weighted by Gasteiger charge is -2.17. The zero-order valence-corrected chi connectivity index (χ0v) is 21.9. The number of aromatic nitrogens is 1. The third-order valence-electron chi connectivity index (χ3n) is 5.49. The third-order valence-corrected chi connectivity index (χ3v) is 6.99. The van der Waals surface area contributed by atoms with Crippen molar-refractivity contribution in [2.45, 2.75) is 11.9 Å². The molecule has 0 aliphatic carbocycles. The smallest absolute Gasteiger partial charge is 0.258 e. The average molecular weight is 574 g/mol. The van der Waals surface area contributed by atoms with Gasteiger partial charge in [-0.15, -0.1) is 0 Å². The van der Waals surface area contributed by atoms with Crippen LogP contribution in [0, 0.1) is 18.3 Å². The molecule has 0 aliphatic rings. The number of phenols is 2. The van der Waals surface area contributed by atoms with Crippen molar-refractivity contribution >= 4 is 45.1 Å². The van der Waals surface area contributed by atoms with E-state index in [1.807, 2.05) is 30.3 Å². The van der Waals surface area contributed by atoms with Crippen LogP contribution in [0.2, 0.25) is 0 Å². The Morgan fingerprint density at radius 2 is 1.73 bits per heavy atom. The minimum Gasteiger partial charge on any atom is -0.504 e. The molecule has 0 bridgehead atoms. The molecule has 0 radical (unpaired) electrons. The molecule has 1 amide bonds. The fourth-order valence-corrected chi connectivity index (χ4v) is 4.89. The molecule has 1 aromatic heterocycles. The highest BCUT2D eigenvalue weighted by atomic mass is 79.9. The molecule has 0 saturated carbocycles. The first-order valence-corrected chi connectivity index (χ1v) is 12.8. The van der Waals surface area contributed by atoms with Crippen molar-refractivity contribution in [3.05, 3.63) is 99.7 Å². The molecule has 3 N–H and O–H groups in total. The molecule has 0 atom stereocenters. The number of amides is 1. The Labute approximate surface area is 225 Å². The first-order chi connectivity index (χ1) is 17.8. The number of anilines is 1. The number of hydrogen-bond acceptors (Lipinski definition) is 7. The van der Waals surface area contributed by atoms with Gasteiger partial charge in [0, 0.05) is 21.3 Å². The van der Waals surface area contributed by atoms with Gasteiger partial charge in [-0.1, -0.05) is 58.0 Å². The predicted molar refractivity (Wildman–Crippen MR) is 146 cm³/mol. The van der Waals surface area contributed by atoms with Crippen molar-refractivity contribution in [1.82, 2.24) is 4.98 Å². The number of aromatic hydroxyl groups is 2. The number of para-hydroxylation sites is 1. The van der Waals surface area contributed by atoms with Crippen LogP contribution in [-0.2, 0) is 0 Å². The summed E-state index contributed by atoms with van der Waals surface area (Å²) in [7, 11) is 0. The highest BCUT2D eigenvalue weighted by molar-refractivity contribution is 9.10. The van der Waals surface area contributed by atoms with E-state index in [0.717, 1.165) is 16.2 Å². The van der Waals surface area contributed by atoms with Crippen molar-refractivity contribution in [3.8, 4) is 28.7 Å². The molecule has 4 aromatic rings. The summed E-state index contributed by atoms with van der Waals surface area (Å²) >= 11 is 4.48. The van der Waals surface area contributed by atoms with Crippen LogP contribution in [0.25, 0.3) is 11.1 Å². The maximum Gasteiger partial charge on any atom is 0.258 e. The van der Waals surface area contributed by atoms with E-state index in [4.69, 9.17) is 0 Å². The van der Waals surface area contributed by atoms with Gasteiger partial charge in [0.1, 0.15) is 11.1 Å². The second kappa shape index (κ2) is 11.3. The summed E-state index contributed by atoms with van der Waals surface area (Å²) in [5.74, 6) is -1.51. The zero-order valence-electron chi connectivity index (χ0n) is 19.5. The largest absolute Gasteiger partial charge is 0.504 e. The predicted octanol–water partition coefficient (Wildman–Crippen LogP) is 6.33. The summed E-state index contributed by atoms with van der Waals surface area (Å²) in [5, 5.41) is 32.6. The molecule has 0 aliphatic heterocycles. The third kappa shape index (κ3) is 5.82. The van der Waals surface area contributed by atoms with Gasteiger partial charge in [0.15, 0.2) is 17.3 Å². The van der Waals surface area contributed by atoms with Gasteiger partial charge in [-0.05, 0) is 55.0 Å². The first kappa shape index (κ1) is 25.9. The number of rotatable bonds is 7. The number of nitrogens with one attached hydrogen (secondary N) is 1. The number of nitrogens with zero attached hydrogens (tertiary/aromatic N) is 2. The Hall–Kier alpha value is -4.13. The van der Waals surface area contributed by atoms with Crippen LogP contribution in [0.5, 0.6) is 11.5 Å². The number of pyridine rings is 1. The first-order valence-electron chi connectivity index (χ1n) is 11.0. The number of Topliss-reactive ketones (excluding diaryl/α,β-unsaturated/α-hetero) is 1. The standard InChI is InChI=1S/C28H20BrN3O4S/c1-16-25(27(36)32-20-5-3-2-4-6-20)26(17-7-10-19(29)11-8-17)21(14-30)28(31-16)37-15-24(35)18-9-12-22(33)23(34)13-18/h2-13,33-34H,15H2,1H3,(H,32,36). The second-order valence-electron chi connectivity index (χ2n) is 7.98. The maximum atomic E-state index is 13.4. The van der Waals surface area contributed by atoms with E-state index in [0.29, 0.717) is 27.5 Å². The van der Waals surface area contributed by atoms with Gasteiger partial charge in [0.2, 0.25) is 0 Å². The Morgan fingerprint density at radius 3 is 2.38 bits per heavy atom. The van der Waals surface area contributed by atoms with Crippen molar-refractivity contribution in [2.24, 2.45) is 0 Å². The van der Waals surface area contributed by atoms with Gasteiger partial charge in [0.25, 0.3) is 5.91 Å². The summed E-state index contributed by atoms with van der Waals surface area (Å²) in [6.07, 6.45) is 0. The van der Waals surface area contributed by atoms with E-state index in [-0.39, 0.29) is 34.0 Å². The molecule has 0 saturated heterocycles. The Balaban J connectivity index is 1.76. The SMILES string of the molecule is Cc1nc(SCC(=O)c2ccc(O)c(O)c2)c(C#N)c(-c2ccc(Br)cc2)c1C(=O)Nc1ccccc1. The second-order valence-corrected chi connectivity index (χ2v) is 9.86. The van der Waals surface area contributed by atoms with Crippen molar-refractivity contribution in [3.63, 3.8) is 0 Å². The van der Waals surface area contributed by atoms with Crippen LogP contribution in [0.1, 0.15) is 32.0 Å². The summed E-state index contributed by atoms with van der Waals surface area (Å²) < 4.78 is 0.841. The molecule has 184 valence electrons. The molecule has 1 heterocycles. The van der Waals surface area contributed by atoms with Gasteiger partial charge in [-0.2, -0.15) is 5.26 Å². The highest BCUT2D eigenvalue weighted by Gasteiger charge is 2.25. The van der Waals surface area contributed by atoms with E-state index >= 15 is 0 Å². The number of hydrogen-bond donors (Lipinski definition) is 3. The fourth-order valence-electron chi connectivity index (χ4n) is 3.70. The Bertz CT molecular complexity index is 1530. The summed E-state index contributed by atoms with van der Waals surface area (Å²) in [6, 6.07) is 22.3. The lowest BCUT2D eigenvalue weighted by atomic mass is 9.94. The number of halogens is 1. The van der Waals surface area contributed by atoms with Gasteiger partial charge in [-0.3, -0.25) is 9.59 Å². The van der Waals surface area contributed by atoms with Crippen LogP contribution in [0.3, 0.4) is 0 Å². The monoisotopic (exact) mass is 573 g/mol. The summed E-state index contributed by atoms with van der Waals surface area (Å²) in [4.78, 5) is 30.7. The van der Waals surface area contributed by atoms with Crippen molar-refractivity contribution < 1.29 is 19.8 Å². The van der Waals surface area contributed by atoms with Gasteiger partial charge < -0.3 is 15.5 Å². The summed E-state index contributed by atoms with van der Waals surface area (Å²) in [6.45, 7) is 1.69. The highest BCUT2D eigenvalue weighted by Crippen LogP contribution is 2.36. The van der Waals surface area contributed by atoms with Gasteiger partial charge in [-0.25, -0.2) is 4.98 Å². The van der Waals surface area contributed by atoms with Crippen molar-refractivity contribution in [2.75, 3.05) is 11.1 Å². The number of aryl methyl sites for hydroxylation is 1. The molecular weight excluding hydrogens is 554 g/mol. The summed E-state index contributed by atoms with van der Waals surface area (Å²) in [5.41, 5.74) is 2.74. The Morgan fingerprint density at radius 1 is 1.03 bits per heavy atom. The molecule has 4 rings (SSSR count). The van der Waals surface area contributed by atoms with E-state index in [9.17, 15) is 25.1 Å². The number of phenolic OH excluding ortho intramolecular Hbond substituents is 2. The fraction of sp³-hybridized carbons (Fsp3) is 0.0714. The van der Waals surface area contributed by atoms with Gasteiger partial charge in [0.05, 0.1) is 22.6 Å². The number of carbonyl (C=O) groups is 2. The van der Waals surface area contributed by atoms with Crippen molar-refractivity contribution in [1.29, 1.82) is 5.26 Å². The lowest BCUT2D eigenvalue weighted by molar-refractivity contribution is 0.101. The Kier molecular flexibility index (Phi) is 7.92. The molecule has 0 unspecified atom stereocenters. The molecular formula is C28H20BrN3O4S. The quantitative estimate of drug-likeness (QED) is 0.134. The number of nitriles is 1. The van der Waals surface area contributed by atoms with Crippen LogP contribution in [0.4, 0.5) is 5.69 Å². The number of carbonyl (C=O) groups excluding carboxylic acids is 2. The maximum absolute atomic E-state index is 13.4. The van der Waals surface area contributed by atoms with Crippen LogP contribution in [0.15, 0.2) is 82.3 Å². The number of thioether (sulfide) groups is 1. The van der Waals surface area contributed by atoms with E-state index < -0.39 is 11.7 Å². The number of ketones is 1. The minimum absolute atomic E-state index is 0.0688. The average Bonchev–Trinajstić information content (AvgIpc) is 2.89.